The van der Waals surface area contributed by atoms with Crippen molar-refractivity contribution in [2.75, 3.05) is 10.6 Å². The molecule has 0 aliphatic heterocycles. The molecule has 0 bridgehead atoms. The second kappa shape index (κ2) is 9.54. The topological polar surface area (TPSA) is 131 Å². The molecule has 2 atom stereocenters. The number of carbonyl (C=O) groups excluding carboxylic acids is 1. The number of fused-ring (bicyclic) bond motifs is 1. The van der Waals surface area contributed by atoms with Gasteiger partial charge in [-0.3, -0.25) is 9.36 Å². The molecule has 12 heteroatoms. The zero-order valence-electron chi connectivity index (χ0n) is 18.8. The molecule has 0 unspecified atom stereocenters. The summed E-state index contributed by atoms with van der Waals surface area (Å²) in [7, 11) is 0. The number of aromatic nitrogens is 4. The average molecular weight is 506 g/mol. The number of halogens is 3. The molecule has 2 saturated carbocycles. The number of rotatable bonds is 6. The van der Waals surface area contributed by atoms with Crippen LogP contribution in [0.4, 0.5) is 26.4 Å². The highest BCUT2D eigenvalue weighted by molar-refractivity contribution is 6.30. The second-order valence-corrected chi connectivity index (χ2v) is 9.73. The summed E-state index contributed by atoms with van der Waals surface area (Å²) in [5.74, 6) is -1.62. The molecule has 3 aromatic rings. The number of imidazole rings is 1. The Morgan fingerprint density at radius 3 is 2.46 bits per heavy atom. The lowest BCUT2D eigenvalue weighted by Crippen LogP contribution is -2.29. The van der Waals surface area contributed by atoms with Gasteiger partial charge in [0.2, 0.25) is 17.8 Å². The van der Waals surface area contributed by atoms with Gasteiger partial charge in [-0.05, 0) is 57.1 Å². The predicted molar refractivity (Wildman–Crippen MR) is 127 cm³/mol. The number of benzene rings is 1. The molecule has 0 saturated heterocycles. The lowest BCUT2D eigenvalue weighted by molar-refractivity contribution is -0.122. The standard InChI is InChI=1S/C23H26ClF2N7O2/c24-12-7-16(25)19(17(26)8-12)31-23-30-18-10-28-22(29-13-3-6-15(34)9-13)32-21(18)33(23)14-4-1-11(2-5-14)20(27)35/h7-8,10-11,13-15,34H,1-6,9H2,(H2,27,35)(H,30,31)(H,28,29,32)/t11?,13-,14?,15-/m1/s1. The van der Waals surface area contributed by atoms with Crippen molar-refractivity contribution in [2.24, 2.45) is 11.7 Å². The summed E-state index contributed by atoms with van der Waals surface area (Å²) >= 11 is 5.77. The Morgan fingerprint density at radius 2 is 1.83 bits per heavy atom. The smallest absolute Gasteiger partial charge is 0.224 e. The molecule has 2 aromatic heterocycles. The van der Waals surface area contributed by atoms with Crippen LogP contribution in [-0.4, -0.2) is 42.7 Å². The predicted octanol–water partition coefficient (Wildman–Crippen LogP) is 4.04. The average Bonchev–Trinajstić information content (AvgIpc) is 3.38. The molecule has 2 heterocycles. The third kappa shape index (κ3) is 4.87. The maximum absolute atomic E-state index is 14.6. The summed E-state index contributed by atoms with van der Waals surface area (Å²) in [5.41, 5.74) is 6.08. The largest absolute Gasteiger partial charge is 0.393 e. The van der Waals surface area contributed by atoms with E-state index in [1.54, 1.807) is 6.20 Å². The number of hydrogen-bond acceptors (Lipinski definition) is 7. The molecule has 1 aromatic carbocycles. The zero-order valence-corrected chi connectivity index (χ0v) is 19.6. The molecule has 186 valence electrons. The first-order valence-electron chi connectivity index (χ1n) is 11.7. The van der Waals surface area contributed by atoms with E-state index in [2.05, 4.69) is 25.6 Å². The van der Waals surface area contributed by atoms with Gasteiger partial charge in [0.05, 0.1) is 12.3 Å². The first-order chi connectivity index (χ1) is 16.8. The zero-order chi connectivity index (χ0) is 24.7. The fourth-order valence-corrected chi connectivity index (χ4v) is 5.25. The van der Waals surface area contributed by atoms with Crippen molar-refractivity contribution in [2.45, 2.75) is 63.1 Å². The van der Waals surface area contributed by atoms with Crippen LogP contribution in [0.3, 0.4) is 0 Å². The molecule has 9 nitrogen and oxygen atoms in total. The quantitative estimate of drug-likeness (QED) is 0.397. The van der Waals surface area contributed by atoms with Gasteiger partial charge in [-0.25, -0.2) is 18.7 Å². The molecule has 5 rings (SSSR count). The van der Waals surface area contributed by atoms with E-state index in [4.69, 9.17) is 17.3 Å². The molecule has 5 N–H and O–H groups in total. The normalized spacial score (nSPS) is 24.6. The molecule has 0 radical (unpaired) electrons. The van der Waals surface area contributed by atoms with Crippen LogP contribution in [0.25, 0.3) is 11.2 Å². The van der Waals surface area contributed by atoms with Crippen LogP contribution in [-0.2, 0) is 4.79 Å². The van der Waals surface area contributed by atoms with Crippen LogP contribution in [0.2, 0.25) is 5.02 Å². The Bertz CT molecular complexity index is 1240. The fourth-order valence-electron chi connectivity index (χ4n) is 5.06. The van der Waals surface area contributed by atoms with Gasteiger partial charge in [0.25, 0.3) is 0 Å². The van der Waals surface area contributed by atoms with E-state index in [0.717, 1.165) is 18.6 Å². The number of nitrogens with two attached hydrogens (primary N) is 1. The third-order valence-corrected chi connectivity index (χ3v) is 7.10. The van der Waals surface area contributed by atoms with Gasteiger partial charge >= 0.3 is 0 Å². The minimum absolute atomic E-state index is 0.0533. The van der Waals surface area contributed by atoms with Crippen molar-refractivity contribution in [3.63, 3.8) is 0 Å². The molecule has 0 spiro atoms. The maximum Gasteiger partial charge on any atom is 0.224 e. The van der Waals surface area contributed by atoms with Crippen molar-refractivity contribution in [3.8, 4) is 0 Å². The van der Waals surface area contributed by atoms with Crippen molar-refractivity contribution in [3.05, 3.63) is 35.0 Å². The van der Waals surface area contributed by atoms with Crippen molar-refractivity contribution in [1.82, 2.24) is 19.5 Å². The number of amides is 1. The van der Waals surface area contributed by atoms with Crippen LogP contribution >= 0.6 is 11.6 Å². The number of hydrogen-bond donors (Lipinski definition) is 4. The van der Waals surface area contributed by atoms with Gasteiger partial charge in [0, 0.05) is 23.0 Å². The minimum Gasteiger partial charge on any atom is -0.393 e. The van der Waals surface area contributed by atoms with E-state index in [0.29, 0.717) is 55.6 Å². The van der Waals surface area contributed by atoms with Crippen molar-refractivity contribution in [1.29, 1.82) is 0 Å². The van der Waals surface area contributed by atoms with Gasteiger partial charge < -0.3 is 21.5 Å². The highest BCUT2D eigenvalue weighted by Crippen LogP contribution is 2.38. The van der Waals surface area contributed by atoms with Crippen molar-refractivity contribution >= 4 is 46.3 Å². The highest BCUT2D eigenvalue weighted by atomic mass is 35.5. The summed E-state index contributed by atoms with van der Waals surface area (Å²) in [4.78, 5) is 25.2. The lowest BCUT2D eigenvalue weighted by Gasteiger charge is -2.29. The Labute approximate surface area is 205 Å². The first kappa shape index (κ1) is 23.7. The van der Waals surface area contributed by atoms with Gasteiger partial charge in [0.15, 0.2) is 17.3 Å². The number of anilines is 3. The molecular weight excluding hydrogens is 480 g/mol. The van der Waals surface area contributed by atoms with E-state index < -0.39 is 11.6 Å². The number of primary amides is 1. The monoisotopic (exact) mass is 505 g/mol. The van der Waals surface area contributed by atoms with Crippen LogP contribution in [0, 0.1) is 17.6 Å². The Hall–Kier alpha value is -3.05. The SMILES string of the molecule is NC(=O)C1CCC(n2c(Nc3c(F)cc(Cl)cc3F)nc3cnc(N[C@@H]4CC[C@@H](O)C4)nc32)CC1. The number of nitrogens with zero attached hydrogens (tertiary/aromatic N) is 4. The van der Waals surface area contributed by atoms with E-state index in [1.807, 2.05) is 4.57 Å². The van der Waals surface area contributed by atoms with Crippen LogP contribution in [0.5, 0.6) is 0 Å². The van der Waals surface area contributed by atoms with Gasteiger partial charge in [-0.1, -0.05) is 11.6 Å². The molecule has 1 amide bonds. The van der Waals surface area contributed by atoms with Crippen molar-refractivity contribution < 1.29 is 18.7 Å². The second-order valence-electron chi connectivity index (χ2n) is 9.29. The van der Waals surface area contributed by atoms with Gasteiger partial charge in [0.1, 0.15) is 11.2 Å². The van der Waals surface area contributed by atoms with E-state index in [9.17, 15) is 18.7 Å². The fraction of sp³-hybridized carbons (Fsp3) is 0.478. The van der Waals surface area contributed by atoms with E-state index >= 15 is 0 Å². The number of aliphatic hydroxyl groups excluding tert-OH is 1. The molecular formula is C23H26ClF2N7O2. The minimum atomic E-state index is -0.848. The molecule has 2 aliphatic carbocycles. The summed E-state index contributed by atoms with van der Waals surface area (Å²) in [6, 6.07) is 1.98. The summed E-state index contributed by atoms with van der Waals surface area (Å²) in [5, 5.41) is 15.8. The number of aliphatic hydroxyl groups is 1. The van der Waals surface area contributed by atoms with Crippen LogP contribution in [0.15, 0.2) is 18.3 Å². The maximum atomic E-state index is 14.6. The summed E-state index contributed by atoms with van der Waals surface area (Å²) in [6.07, 6.45) is 5.79. The first-order valence-corrected chi connectivity index (χ1v) is 12.1. The van der Waals surface area contributed by atoms with Crippen LogP contribution in [0.1, 0.15) is 51.0 Å². The van der Waals surface area contributed by atoms with E-state index in [1.165, 1.54) is 0 Å². The Balaban J connectivity index is 1.52. The summed E-state index contributed by atoms with van der Waals surface area (Å²) < 4.78 is 30.9. The summed E-state index contributed by atoms with van der Waals surface area (Å²) in [6.45, 7) is 0. The van der Waals surface area contributed by atoms with Gasteiger partial charge in [-0.2, -0.15) is 4.98 Å². The molecule has 35 heavy (non-hydrogen) atoms. The number of carbonyl (C=O) groups is 1. The Morgan fingerprint density at radius 1 is 1.11 bits per heavy atom. The molecule has 2 fully saturated rings. The van der Waals surface area contributed by atoms with E-state index in [-0.39, 0.29) is 46.7 Å². The highest BCUT2D eigenvalue weighted by Gasteiger charge is 2.30. The van der Waals surface area contributed by atoms with Gasteiger partial charge in [-0.15, -0.1) is 0 Å². The lowest BCUT2D eigenvalue weighted by atomic mass is 9.85. The Kier molecular flexibility index (Phi) is 6.45. The third-order valence-electron chi connectivity index (χ3n) is 6.88. The number of nitrogens with one attached hydrogen (secondary N) is 2. The molecule has 2 aliphatic rings. The van der Waals surface area contributed by atoms with Crippen LogP contribution < -0.4 is 16.4 Å².